The van der Waals surface area contributed by atoms with Gasteiger partial charge in [0.15, 0.2) is 0 Å². The van der Waals surface area contributed by atoms with Crippen LogP contribution in [0.25, 0.3) is 66.1 Å². The van der Waals surface area contributed by atoms with Gasteiger partial charge in [0.2, 0.25) is 0 Å². The Morgan fingerprint density at radius 2 is 0.984 bits per heavy atom. The first-order valence-corrected chi connectivity index (χ1v) is 21.0. The molecular formula is C59H39NO. The number of nitrogens with zero attached hydrogens (tertiary/aromatic N) is 1. The summed E-state index contributed by atoms with van der Waals surface area (Å²) in [4.78, 5) is 2.46. The molecule has 0 fully saturated rings. The monoisotopic (exact) mass is 777 g/mol. The van der Waals surface area contributed by atoms with Crippen LogP contribution in [-0.2, 0) is 5.41 Å². The lowest BCUT2D eigenvalue weighted by atomic mass is 9.68. The molecule has 2 nitrogen and oxygen atoms in total. The van der Waals surface area contributed by atoms with E-state index in [1.807, 2.05) is 6.07 Å². The van der Waals surface area contributed by atoms with E-state index in [1.54, 1.807) is 0 Å². The molecule has 1 aliphatic carbocycles. The Kier molecular flexibility index (Phi) is 8.11. The highest BCUT2D eigenvalue weighted by Gasteiger charge is 2.47. The second-order valence-corrected chi connectivity index (χ2v) is 16.0. The predicted octanol–water partition coefficient (Wildman–Crippen LogP) is 15.9. The van der Waals surface area contributed by atoms with E-state index in [9.17, 15) is 0 Å². The zero-order valence-electron chi connectivity index (χ0n) is 33.4. The normalized spacial score (nSPS) is 12.7. The Morgan fingerprint density at radius 3 is 1.80 bits per heavy atom. The van der Waals surface area contributed by atoms with Crippen molar-refractivity contribution in [3.63, 3.8) is 0 Å². The van der Waals surface area contributed by atoms with Gasteiger partial charge in [-0.1, -0.05) is 188 Å². The third kappa shape index (κ3) is 5.50. The Hall–Kier alpha value is -7.94. The molecule has 0 radical (unpaired) electrons. The first-order chi connectivity index (χ1) is 30.3. The van der Waals surface area contributed by atoms with Crippen LogP contribution in [0.5, 0.6) is 0 Å². The first-order valence-electron chi connectivity index (χ1n) is 21.0. The number of benzene rings is 10. The largest absolute Gasteiger partial charge is 0.456 e. The summed E-state index contributed by atoms with van der Waals surface area (Å²) < 4.78 is 6.37. The number of furan rings is 1. The highest BCUT2D eigenvalue weighted by atomic mass is 16.3. The summed E-state index contributed by atoms with van der Waals surface area (Å²) in [6, 6.07) is 86.1. The molecule has 0 N–H and O–H groups in total. The van der Waals surface area contributed by atoms with Crippen LogP contribution in [-0.4, -0.2) is 0 Å². The van der Waals surface area contributed by atoms with Gasteiger partial charge in [-0.2, -0.15) is 0 Å². The molecule has 0 amide bonds. The van der Waals surface area contributed by atoms with Gasteiger partial charge in [-0.25, -0.2) is 0 Å². The second-order valence-electron chi connectivity index (χ2n) is 16.0. The minimum absolute atomic E-state index is 0.518. The van der Waals surface area contributed by atoms with Gasteiger partial charge < -0.3 is 9.32 Å². The molecule has 286 valence electrons. The van der Waals surface area contributed by atoms with E-state index in [2.05, 4.69) is 235 Å². The standard InChI is InChI=1S/C59H39NO/c1-3-19-45(20-4-1)59(46-21-5-2-6-22-46)52-27-11-9-24-50(52)58-53(59)28-15-29-54(58)60(47-36-34-41(35-37-47)43-33-32-40-16-7-8-17-42(40)38-43)48-23-13-18-44(39-48)49-26-14-31-56-57(49)51-25-10-12-30-55(51)61-56/h1-39H. The molecule has 12 rings (SSSR count). The van der Waals surface area contributed by atoms with E-state index in [0.29, 0.717) is 0 Å². The van der Waals surface area contributed by atoms with Crippen molar-refractivity contribution in [3.05, 3.63) is 259 Å². The Balaban J connectivity index is 1.10. The average Bonchev–Trinajstić information content (AvgIpc) is 3.87. The summed E-state index contributed by atoms with van der Waals surface area (Å²) in [6.07, 6.45) is 0. The quantitative estimate of drug-likeness (QED) is 0.160. The summed E-state index contributed by atoms with van der Waals surface area (Å²) in [5.41, 5.74) is 16.7. The Bertz CT molecular complexity index is 3380. The molecule has 1 aromatic heterocycles. The fraction of sp³-hybridized carbons (Fsp3) is 0.0169. The van der Waals surface area contributed by atoms with Gasteiger partial charge in [0, 0.05) is 27.7 Å². The molecule has 1 aliphatic rings. The zero-order chi connectivity index (χ0) is 40.3. The molecule has 0 unspecified atom stereocenters. The predicted molar refractivity (Wildman–Crippen MR) is 254 cm³/mol. The molecule has 2 heteroatoms. The van der Waals surface area contributed by atoms with Crippen molar-refractivity contribution in [3.8, 4) is 33.4 Å². The van der Waals surface area contributed by atoms with E-state index >= 15 is 0 Å². The number of rotatable bonds is 7. The minimum Gasteiger partial charge on any atom is -0.456 e. The highest BCUT2D eigenvalue weighted by Crippen LogP contribution is 2.59. The van der Waals surface area contributed by atoms with Gasteiger partial charge in [0.05, 0.1) is 11.1 Å². The van der Waals surface area contributed by atoms with E-state index < -0.39 is 5.41 Å². The van der Waals surface area contributed by atoms with Crippen LogP contribution in [0, 0.1) is 0 Å². The summed E-state index contributed by atoms with van der Waals surface area (Å²) >= 11 is 0. The van der Waals surface area contributed by atoms with Gasteiger partial charge in [-0.15, -0.1) is 0 Å². The summed E-state index contributed by atoms with van der Waals surface area (Å²) in [5.74, 6) is 0. The molecule has 11 aromatic rings. The van der Waals surface area contributed by atoms with Gasteiger partial charge in [-0.05, 0) is 109 Å². The average molecular weight is 778 g/mol. The second kappa shape index (κ2) is 14.1. The van der Waals surface area contributed by atoms with Crippen molar-refractivity contribution >= 4 is 49.8 Å². The Labute approximate surface area is 355 Å². The third-order valence-electron chi connectivity index (χ3n) is 12.7. The fourth-order valence-corrected chi connectivity index (χ4v) is 10.1. The highest BCUT2D eigenvalue weighted by molar-refractivity contribution is 6.12. The van der Waals surface area contributed by atoms with Crippen molar-refractivity contribution in [2.75, 3.05) is 4.90 Å². The lowest BCUT2D eigenvalue weighted by Crippen LogP contribution is -2.28. The van der Waals surface area contributed by atoms with Crippen molar-refractivity contribution in [2.24, 2.45) is 0 Å². The van der Waals surface area contributed by atoms with Crippen molar-refractivity contribution in [1.82, 2.24) is 0 Å². The topological polar surface area (TPSA) is 16.4 Å². The van der Waals surface area contributed by atoms with E-state index in [-0.39, 0.29) is 0 Å². The SMILES string of the molecule is c1ccc(C2(c3ccccc3)c3ccccc3-c3c(N(c4ccc(-c5ccc6ccccc6c5)cc4)c4cccc(-c5cccc6oc7ccccc7c56)c4)cccc32)cc1. The Morgan fingerprint density at radius 1 is 0.361 bits per heavy atom. The molecule has 61 heavy (non-hydrogen) atoms. The van der Waals surface area contributed by atoms with Crippen LogP contribution in [0.1, 0.15) is 22.3 Å². The first kappa shape index (κ1) is 35.0. The van der Waals surface area contributed by atoms with Crippen LogP contribution < -0.4 is 4.90 Å². The van der Waals surface area contributed by atoms with Crippen LogP contribution >= 0.6 is 0 Å². The summed E-state index contributed by atoms with van der Waals surface area (Å²) in [5, 5.41) is 4.73. The lowest BCUT2D eigenvalue weighted by molar-refractivity contribution is 0.669. The zero-order valence-corrected chi connectivity index (χ0v) is 33.4. The third-order valence-corrected chi connectivity index (χ3v) is 12.7. The summed E-state index contributed by atoms with van der Waals surface area (Å²) in [6.45, 7) is 0. The van der Waals surface area contributed by atoms with Gasteiger partial charge in [0.25, 0.3) is 0 Å². The molecule has 0 spiro atoms. The molecule has 0 saturated heterocycles. The van der Waals surface area contributed by atoms with Crippen LogP contribution in [0.4, 0.5) is 17.1 Å². The molecule has 0 aliphatic heterocycles. The number of fused-ring (bicyclic) bond motifs is 7. The number of hydrogen-bond acceptors (Lipinski definition) is 2. The maximum absolute atomic E-state index is 6.37. The number of anilines is 3. The van der Waals surface area contributed by atoms with E-state index in [1.165, 1.54) is 55.3 Å². The van der Waals surface area contributed by atoms with E-state index in [0.717, 1.165) is 50.1 Å². The number of hydrogen-bond donors (Lipinski definition) is 0. The van der Waals surface area contributed by atoms with Crippen molar-refractivity contribution in [1.29, 1.82) is 0 Å². The van der Waals surface area contributed by atoms with Crippen LogP contribution in [0.2, 0.25) is 0 Å². The maximum atomic E-state index is 6.37. The fourth-order valence-electron chi connectivity index (χ4n) is 10.1. The smallest absolute Gasteiger partial charge is 0.136 e. The molecule has 0 atom stereocenters. The van der Waals surface area contributed by atoms with Gasteiger partial charge in [-0.3, -0.25) is 0 Å². The van der Waals surface area contributed by atoms with Crippen LogP contribution in [0.15, 0.2) is 241 Å². The van der Waals surface area contributed by atoms with Crippen molar-refractivity contribution in [2.45, 2.75) is 5.41 Å². The minimum atomic E-state index is -0.518. The molecular weight excluding hydrogens is 739 g/mol. The lowest BCUT2D eigenvalue weighted by Gasteiger charge is -2.34. The molecule has 1 heterocycles. The van der Waals surface area contributed by atoms with Gasteiger partial charge in [0.1, 0.15) is 11.2 Å². The van der Waals surface area contributed by atoms with E-state index in [4.69, 9.17) is 4.42 Å². The van der Waals surface area contributed by atoms with Crippen LogP contribution in [0.3, 0.4) is 0 Å². The van der Waals surface area contributed by atoms with Crippen molar-refractivity contribution < 1.29 is 4.42 Å². The molecule has 0 saturated carbocycles. The molecule has 0 bridgehead atoms. The molecule has 10 aromatic carbocycles. The summed E-state index contributed by atoms with van der Waals surface area (Å²) in [7, 11) is 0. The van der Waals surface area contributed by atoms with Gasteiger partial charge >= 0.3 is 0 Å². The maximum Gasteiger partial charge on any atom is 0.136 e. The number of para-hydroxylation sites is 1.